The van der Waals surface area contributed by atoms with Gasteiger partial charge in [0, 0.05) is 36.4 Å². The van der Waals surface area contributed by atoms with Crippen LogP contribution in [0.3, 0.4) is 0 Å². The van der Waals surface area contributed by atoms with Crippen LogP contribution >= 0.6 is 11.8 Å². The molecule has 0 saturated carbocycles. The number of para-hydroxylation sites is 1. The fraction of sp³-hybridized carbons (Fsp3) is 0.433. The summed E-state index contributed by atoms with van der Waals surface area (Å²) in [6.07, 6.45) is 2.45. The van der Waals surface area contributed by atoms with Gasteiger partial charge in [-0.3, -0.25) is 14.5 Å². The molecule has 0 aromatic heterocycles. The minimum atomic E-state index is -0.232. The lowest BCUT2D eigenvalue weighted by molar-refractivity contribution is -0.133. The second kappa shape index (κ2) is 11.8. The summed E-state index contributed by atoms with van der Waals surface area (Å²) in [5.41, 5.74) is 1.50. The van der Waals surface area contributed by atoms with Crippen molar-refractivity contribution in [3.05, 3.63) is 65.2 Å². The predicted octanol–water partition coefficient (Wildman–Crippen LogP) is 2.94. The maximum atomic E-state index is 13.5. The Morgan fingerprint density at radius 2 is 1.83 bits per heavy atom. The van der Waals surface area contributed by atoms with Gasteiger partial charge in [-0.05, 0) is 76.3 Å². The van der Waals surface area contributed by atoms with E-state index >= 15 is 0 Å². The van der Waals surface area contributed by atoms with Crippen molar-refractivity contribution in [3.8, 4) is 11.5 Å². The first-order chi connectivity index (χ1) is 19.9. The third-order valence-electron chi connectivity index (χ3n) is 8.00. The Morgan fingerprint density at radius 3 is 2.59 bits per heavy atom. The van der Waals surface area contributed by atoms with Gasteiger partial charge in [0.15, 0.2) is 0 Å². The van der Waals surface area contributed by atoms with Crippen molar-refractivity contribution >= 4 is 35.3 Å². The van der Waals surface area contributed by atoms with Crippen LogP contribution in [0.1, 0.15) is 19.3 Å². The number of carbonyl (C=O) groups excluding carboxylic acids is 3. The molecule has 4 amide bonds. The summed E-state index contributed by atoms with van der Waals surface area (Å²) in [5.74, 6) is 1.31. The molecule has 11 heteroatoms. The molecule has 2 aromatic carbocycles. The SMILES string of the molecule is CN(C)CC(=O)N1CCC[C@@H](NC(=O)C2=C3NC(=O)N(c4ccc(Oc5ccccc5)cc4)C4CCNC(S2)C34)C1. The number of amides is 4. The fourth-order valence-electron chi connectivity index (χ4n) is 6.17. The largest absolute Gasteiger partial charge is 0.457 e. The summed E-state index contributed by atoms with van der Waals surface area (Å²) in [4.78, 5) is 45.7. The van der Waals surface area contributed by atoms with E-state index in [4.69, 9.17) is 4.74 Å². The molecule has 3 fully saturated rings. The van der Waals surface area contributed by atoms with Crippen LogP contribution in [0.2, 0.25) is 0 Å². The average molecular weight is 577 g/mol. The Bertz CT molecular complexity index is 1330. The Balaban J connectivity index is 1.16. The molecule has 4 atom stereocenters. The minimum Gasteiger partial charge on any atom is -0.457 e. The van der Waals surface area contributed by atoms with Crippen LogP contribution < -0.4 is 25.6 Å². The normalized spacial score (nSPS) is 25.6. The van der Waals surface area contributed by atoms with Gasteiger partial charge in [0.1, 0.15) is 11.5 Å². The van der Waals surface area contributed by atoms with Crippen LogP contribution in [0.25, 0.3) is 0 Å². The number of nitrogens with zero attached hydrogens (tertiary/aromatic N) is 3. The summed E-state index contributed by atoms with van der Waals surface area (Å²) >= 11 is 1.49. The first kappa shape index (κ1) is 27.6. The Morgan fingerprint density at radius 1 is 1.07 bits per heavy atom. The van der Waals surface area contributed by atoms with Gasteiger partial charge in [0.25, 0.3) is 5.91 Å². The van der Waals surface area contributed by atoms with Crippen LogP contribution in [-0.4, -0.2) is 85.4 Å². The molecule has 3 saturated heterocycles. The molecule has 216 valence electrons. The van der Waals surface area contributed by atoms with Gasteiger partial charge < -0.3 is 30.5 Å². The average Bonchev–Trinajstić information content (AvgIpc) is 3.34. The highest BCUT2D eigenvalue weighted by Crippen LogP contribution is 2.48. The number of hydrogen-bond acceptors (Lipinski definition) is 7. The highest BCUT2D eigenvalue weighted by Gasteiger charge is 2.51. The summed E-state index contributed by atoms with van der Waals surface area (Å²) in [6.45, 7) is 2.32. The van der Waals surface area contributed by atoms with E-state index in [0.717, 1.165) is 37.2 Å². The number of carbonyl (C=O) groups is 3. The lowest BCUT2D eigenvalue weighted by Gasteiger charge is -2.45. The van der Waals surface area contributed by atoms with Gasteiger partial charge in [0.05, 0.1) is 22.9 Å². The van der Waals surface area contributed by atoms with E-state index in [0.29, 0.717) is 36.0 Å². The molecule has 3 N–H and O–H groups in total. The molecule has 0 spiro atoms. The van der Waals surface area contributed by atoms with E-state index in [-0.39, 0.29) is 41.2 Å². The van der Waals surface area contributed by atoms with Crippen LogP contribution in [0.15, 0.2) is 65.2 Å². The number of likely N-dealkylation sites (N-methyl/N-ethyl adjacent to an activating group) is 1. The van der Waals surface area contributed by atoms with Crippen LogP contribution in [-0.2, 0) is 9.59 Å². The zero-order valence-electron chi connectivity index (χ0n) is 23.3. The number of hydrogen-bond donors (Lipinski definition) is 3. The van der Waals surface area contributed by atoms with Crippen molar-refractivity contribution in [1.29, 1.82) is 0 Å². The topological polar surface area (TPSA) is 106 Å². The van der Waals surface area contributed by atoms with Crippen molar-refractivity contribution in [2.75, 3.05) is 45.2 Å². The van der Waals surface area contributed by atoms with Crippen molar-refractivity contribution < 1.29 is 19.1 Å². The number of piperidine rings is 2. The smallest absolute Gasteiger partial charge is 0.326 e. The molecule has 4 heterocycles. The van der Waals surface area contributed by atoms with E-state index in [1.165, 1.54) is 11.8 Å². The maximum absolute atomic E-state index is 13.5. The molecule has 0 radical (unpaired) electrons. The zero-order valence-corrected chi connectivity index (χ0v) is 24.2. The number of urea groups is 1. The van der Waals surface area contributed by atoms with E-state index in [2.05, 4.69) is 16.0 Å². The number of ether oxygens (including phenoxy) is 1. The summed E-state index contributed by atoms with van der Waals surface area (Å²) < 4.78 is 5.93. The van der Waals surface area contributed by atoms with Gasteiger partial charge in [0.2, 0.25) is 5.91 Å². The van der Waals surface area contributed by atoms with Gasteiger partial charge in [-0.25, -0.2) is 4.79 Å². The molecule has 3 unspecified atom stereocenters. The predicted molar refractivity (Wildman–Crippen MR) is 159 cm³/mol. The molecule has 2 aromatic rings. The lowest BCUT2D eigenvalue weighted by Crippen LogP contribution is -2.62. The van der Waals surface area contributed by atoms with E-state index in [1.807, 2.05) is 83.4 Å². The van der Waals surface area contributed by atoms with E-state index in [1.54, 1.807) is 0 Å². The number of benzene rings is 2. The van der Waals surface area contributed by atoms with E-state index in [9.17, 15) is 14.4 Å². The Hall–Kier alpha value is -3.54. The standard InChI is InChI=1S/C30H36N6O4S/c1-34(2)18-24(37)35-16-6-7-19(17-35)32-28(38)27-26-25-23(14-15-31-29(25)41-27)36(30(39)33-26)20-10-12-22(13-11-20)40-21-8-4-3-5-9-21/h3-5,8-13,19,23,25,29,31H,6-7,14-18H2,1-2H3,(H,32,38)(H,33,39)/t19-,23?,25?,29?/m1/s1. The lowest BCUT2D eigenvalue weighted by atomic mass is 9.86. The van der Waals surface area contributed by atoms with Crippen LogP contribution in [0.4, 0.5) is 10.5 Å². The molecular formula is C30H36N6O4S. The van der Waals surface area contributed by atoms with Crippen molar-refractivity contribution in [2.45, 2.75) is 36.7 Å². The van der Waals surface area contributed by atoms with Crippen LogP contribution in [0.5, 0.6) is 11.5 Å². The zero-order chi connectivity index (χ0) is 28.5. The van der Waals surface area contributed by atoms with Crippen molar-refractivity contribution in [1.82, 2.24) is 25.8 Å². The summed E-state index contributed by atoms with van der Waals surface area (Å²) in [7, 11) is 3.75. The molecule has 0 aliphatic carbocycles. The molecular weight excluding hydrogens is 540 g/mol. The third kappa shape index (κ3) is 5.79. The Kier molecular flexibility index (Phi) is 7.92. The monoisotopic (exact) mass is 576 g/mol. The Labute approximate surface area is 244 Å². The third-order valence-corrected chi connectivity index (χ3v) is 9.36. The number of nitrogens with one attached hydrogen (secondary N) is 3. The minimum absolute atomic E-state index is 0.00203. The van der Waals surface area contributed by atoms with Crippen molar-refractivity contribution in [2.24, 2.45) is 5.92 Å². The second-order valence-electron chi connectivity index (χ2n) is 11.2. The number of thioether (sulfide) groups is 1. The van der Waals surface area contributed by atoms with Gasteiger partial charge >= 0.3 is 6.03 Å². The first-order valence-corrected chi connectivity index (χ1v) is 15.1. The number of rotatable bonds is 7. The first-order valence-electron chi connectivity index (χ1n) is 14.2. The van der Waals surface area contributed by atoms with E-state index < -0.39 is 0 Å². The highest BCUT2D eigenvalue weighted by molar-refractivity contribution is 8.04. The number of likely N-dealkylation sites (tertiary alicyclic amines) is 1. The number of anilines is 1. The molecule has 6 rings (SSSR count). The second-order valence-corrected chi connectivity index (χ2v) is 12.4. The molecule has 0 bridgehead atoms. The quantitative estimate of drug-likeness (QED) is 0.466. The van der Waals surface area contributed by atoms with Gasteiger partial charge in [-0.15, -0.1) is 0 Å². The van der Waals surface area contributed by atoms with Gasteiger partial charge in [-0.1, -0.05) is 30.0 Å². The summed E-state index contributed by atoms with van der Waals surface area (Å²) in [5, 5.41) is 9.78. The highest BCUT2D eigenvalue weighted by atomic mass is 32.2. The van der Waals surface area contributed by atoms with Gasteiger partial charge in [-0.2, -0.15) is 0 Å². The maximum Gasteiger partial charge on any atom is 0.326 e. The summed E-state index contributed by atoms with van der Waals surface area (Å²) in [6, 6.07) is 16.7. The molecule has 10 nitrogen and oxygen atoms in total. The van der Waals surface area contributed by atoms with Crippen LogP contribution in [0, 0.1) is 5.92 Å². The molecule has 41 heavy (non-hydrogen) atoms. The fourth-order valence-corrected chi connectivity index (χ4v) is 7.56. The molecule has 4 aliphatic rings. The molecule has 4 aliphatic heterocycles. The van der Waals surface area contributed by atoms with Crippen molar-refractivity contribution in [3.63, 3.8) is 0 Å².